The van der Waals surface area contributed by atoms with Crippen molar-refractivity contribution in [3.8, 4) is 0 Å². The van der Waals surface area contributed by atoms with Crippen LogP contribution in [-0.4, -0.2) is 44.6 Å². The fraction of sp³-hybridized carbons (Fsp3) is 0.625. The predicted molar refractivity (Wildman–Crippen MR) is 58.4 cm³/mol. The first-order chi connectivity index (χ1) is 4.95. The smallest absolute Gasteiger partial charge is 0.243 e. The highest BCUT2D eigenvalue weighted by Gasteiger charge is 2.05. The maximum atomic E-state index is 10.7. The molecule has 0 spiro atoms. The van der Waals surface area contributed by atoms with Crippen LogP contribution in [-0.2, 0) is 4.79 Å². The molecule has 0 aromatic carbocycles. The van der Waals surface area contributed by atoms with E-state index in [4.69, 9.17) is 0 Å². The Morgan fingerprint density at radius 1 is 1.43 bits per heavy atom. The van der Waals surface area contributed by atoms with Crippen molar-refractivity contribution in [3.63, 3.8) is 0 Å². The normalized spacial score (nSPS) is 8.50. The summed E-state index contributed by atoms with van der Waals surface area (Å²) in [4.78, 5) is 10.7. The minimum atomic E-state index is -0.0987. The Kier molecular flexibility index (Phi) is 18.1. The van der Waals surface area contributed by atoms with Gasteiger partial charge in [-0.25, -0.2) is 0 Å². The van der Waals surface area contributed by atoms with Crippen LogP contribution in [0.5, 0.6) is 0 Å². The van der Waals surface area contributed by atoms with Crippen molar-refractivity contribution in [3.05, 3.63) is 12.7 Å². The fourth-order valence-corrected chi connectivity index (χ4v) is 0.587. The Balaban J connectivity index is -0.000000167. The monoisotopic (exact) mass is 245 g/mol. The van der Waals surface area contributed by atoms with Gasteiger partial charge in [0.05, 0.1) is 34.2 Å². The van der Waals surface area contributed by atoms with Crippen molar-refractivity contribution >= 4 is 18.3 Å². The number of carbonyl (C=O) groups excluding carboxylic acids is 1. The molecule has 0 aromatic heterocycles. The Morgan fingerprint density at radius 2 is 1.86 bits per heavy atom. The lowest BCUT2D eigenvalue weighted by Crippen LogP contribution is -3.00. The summed E-state index contributed by atoms with van der Waals surface area (Å²) in [6.45, 7) is 4.99. The fourth-order valence-electron chi connectivity index (χ4n) is 0.587. The van der Waals surface area contributed by atoms with Gasteiger partial charge in [-0.2, -0.15) is 0 Å². The largest absolute Gasteiger partial charge is 1.00 e. The highest BCUT2D eigenvalue weighted by molar-refractivity contribution is 5.86. The van der Waals surface area contributed by atoms with Gasteiger partial charge < -0.3 is 28.4 Å². The van der Waals surface area contributed by atoms with Gasteiger partial charge in [0.25, 0.3) is 0 Å². The standard InChI is InChI=1S/C8H16N2O.2ClH.H3N/c1-5-8(11)9-6-7-10(2,3)4;;;/h5H,1,6-7H2,2-4H3;2*1H;1H3. The average molecular weight is 246 g/mol. The minimum absolute atomic E-state index is 0. The third-order valence-electron chi connectivity index (χ3n) is 1.27. The van der Waals surface area contributed by atoms with Crippen molar-refractivity contribution in [1.29, 1.82) is 0 Å². The summed E-state index contributed by atoms with van der Waals surface area (Å²) in [6, 6.07) is 0. The van der Waals surface area contributed by atoms with Crippen molar-refractivity contribution < 1.29 is 21.7 Å². The molecule has 14 heavy (non-hydrogen) atoms. The van der Waals surface area contributed by atoms with Crippen LogP contribution in [0.4, 0.5) is 0 Å². The van der Waals surface area contributed by atoms with E-state index in [0.717, 1.165) is 11.0 Å². The molecule has 0 aliphatic carbocycles. The number of nitrogens with zero attached hydrogens (tertiary/aromatic N) is 1. The molecule has 0 unspecified atom stereocenters. The quantitative estimate of drug-likeness (QED) is 0.428. The van der Waals surface area contributed by atoms with E-state index in [1.54, 1.807) is 0 Å². The van der Waals surface area contributed by atoms with Crippen LogP contribution >= 0.6 is 12.4 Å². The lowest BCUT2D eigenvalue weighted by atomic mass is 10.5. The van der Waals surface area contributed by atoms with Crippen molar-refractivity contribution in [1.82, 2.24) is 11.5 Å². The van der Waals surface area contributed by atoms with Crippen LogP contribution in [0, 0.1) is 0 Å². The Bertz CT molecular complexity index is 157. The number of quaternary nitrogens is 1. The van der Waals surface area contributed by atoms with Crippen LogP contribution in [0.3, 0.4) is 0 Å². The van der Waals surface area contributed by atoms with Gasteiger partial charge in [-0.15, -0.1) is 12.4 Å². The van der Waals surface area contributed by atoms with E-state index >= 15 is 0 Å². The molecule has 0 rings (SSSR count). The van der Waals surface area contributed by atoms with Gasteiger partial charge in [-0.1, -0.05) is 6.58 Å². The van der Waals surface area contributed by atoms with Crippen LogP contribution in [0.15, 0.2) is 12.7 Å². The van der Waals surface area contributed by atoms with E-state index in [1.165, 1.54) is 6.08 Å². The number of rotatable bonds is 4. The highest BCUT2D eigenvalue weighted by atomic mass is 35.5. The number of likely N-dealkylation sites (N-methyl/N-ethyl adjacent to an activating group) is 1. The maximum Gasteiger partial charge on any atom is 0.243 e. The first kappa shape index (κ1) is 23.5. The second-order valence-electron chi connectivity index (χ2n) is 3.51. The molecule has 1 amide bonds. The summed E-state index contributed by atoms with van der Waals surface area (Å²) >= 11 is 0. The molecule has 0 saturated heterocycles. The van der Waals surface area contributed by atoms with Gasteiger partial charge in [0.2, 0.25) is 5.91 Å². The summed E-state index contributed by atoms with van der Waals surface area (Å²) in [6.07, 6.45) is 1.29. The molecule has 0 saturated carbocycles. The summed E-state index contributed by atoms with van der Waals surface area (Å²) in [5.41, 5.74) is 0. The number of amides is 1. The third-order valence-corrected chi connectivity index (χ3v) is 1.27. The second-order valence-corrected chi connectivity index (χ2v) is 3.51. The lowest BCUT2D eigenvalue weighted by molar-refractivity contribution is -0.869. The van der Waals surface area contributed by atoms with E-state index < -0.39 is 0 Å². The molecular formula is C8H21Cl2N3O. The third kappa shape index (κ3) is 17.7. The average Bonchev–Trinajstić information content (AvgIpc) is 1.85. The number of halogens is 2. The number of hydrogen-bond donors (Lipinski definition) is 2. The zero-order chi connectivity index (χ0) is 8.91. The maximum absolute atomic E-state index is 10.7. The molecule has 0 atom stereocenters. The molecule has 0 fully saturated rings. The molecule has 0 radical (unpaired) electrons. The Hall–Kier alpha value is -0.290. The van der Waals surface area contributed by atoms with E-state index in [-0.39, 0.29) is 36.9 Å². The summed E-state index contributed by atoms with van der Waals surface area (Å²) in [5, 5.41) is 2.72. The number of carbonyl (C=O) groups is 1. The zero-order valence-electron chi connectivity index (χ0n) is 9.05. The first-order valence-corrected chi connectivity index (χ1v) is 3.66. The molecule has 4 N–H and O–H groups in total. The van der Waals surface area contributed by atoms with Crippen LogP contribution in [0.2, 0.25) is 0 Å². The van der Waals surface area contributed by atoms with E-state index in [1.807, 2.05) is 0 Å². The van der Waals surface area contributed by atoms with Crippen molar-refractivity contribution in [2.24, 2.45) is 0 Å². The number of nitrogens with one attached hydrogen (secondary N) is 1. The molecule has 0 aliphatic heterocycles. The molecule has 6 heteroatoms. The van der Waals surface area contributed by atoms with Crippen molar-refractivity contribution in [2.45, 2.75) is 0 Å². The van der Waals surface area contributed by atoms with Gasteiger partial charge in [0.15, 0.2) is 0 Å². The first-order valence-electron chi connectivity index (χ1n) is 3.66. The number of hydrogen-bond acceptors (Lipinski definition) is 2. The zero-order valence-corrected chi connectivity index (χ0v) is 10.6. The summed E-state index contributed by atoms with van der Waals surface area (Å²) in [7, 11) is 6.25. The van der Waals surface area contributed by atoms with E-state index in [9.17, 15) is 4.79 Å². The van der Waals surface area contributed by atoms with E-state index in [2.05, 4.69) is 33.0 Å². The minimum Gasteiger partial charge on any atom is -1.00 e. The molecule has 88 valence electrons. The van der Waals surface area contributed by atoms with Crippen LogP contribution in [0.25, 0.3) is 0 Å². The highest BCUT2D eigenvalue weighted by Crippen LogP contribution is 1.85. The van der Waals surface area contributed by atoms with Crippen LogP contribution in [0.1, 0.15) is 0 Å². The molecule has 0 heterocycles. The van der Waals surface area contributed by atoms with Gasteiger partial charge >= 0.3 is 0 Å². The topological polar surface area (TPSA) is 64.1 Å². The predicted octanol–water partition coefficient (Wildman–Crippen LogP) is -2.42. The lowest BCUT2D eigenvalue weighted by Gasteiger charge is -2.23. The second kappa shape index (κ2) is 10.8. The van der Waals surface area contributed by atoms with Gasteiger partial charge in [0, 0.05) is 0 Å². The van der Waals surface area contributed by atoms with E-state index in [0.29, 0.717) is 6.54 Å². The Labute approximate surface area is 98.7 Å². The summed E-state index contributed by atoms with van der Waals surface area (Å²) in [5.74, 6) is -0.0987. The van der Waals surface area contributed by atoms with Gasteiger partial charge in [-0.3, -0.25) is 4.79 Å². The Morgan fingerprint density at radius 3 is 2.14 bits per heavy atom. The SMILES string of the molecule is C=CC(=O)NCC[N+](C)(C)C.Cl.N.[Cl-]. The van der Waals surface area contributed by atoms with Gasteiger partial charge in [-0.05, 0) is 6.08 Å². The molecule has 0 aromatic rings. The van der Waals surface area contributed by atoms with Gasteiger partial charge in [0.1, 0.15) is 0 Å². The molecule has 0 bridgehead atoms. The molecular weight excluding hydrogens is 225 g/mol. The van der Waals surface area contributed by atoms with Crippen LogP contribution < -0.4 is 23.9 Å². The summed E-state index contributed by atoms with van der Waals surface area (Å²) < 4.78 is 0.859. The van der Waals surface area contributed by atoms with Crippen molar-refractivity contribution in [2.75, 3.05) is 34.2 Å². The molecule has 0 aliphatic rings. The molecule has 4 nitrogen and oxygen atoms in total.